The zero-order valence-corrected chi connectivity index (χ0v) is 19.7. The van der Waals surface area contributed by atoms with Gasteiger partial charge in [0.1, 0.15) is 5.82 Å². The monoisotopic (exact) mass is 432 g/mol. The molecule has 3 aromatic rings. The van der Waals surface area contributed by atoms with Gasteiger partial charge >= 0.3 is 0 Å². The highest BCUT2D eigenvalue weighted by Gasteiger charge is 2.11. The molecule has 1 aromatic carbocycles. The van der Waals surface area contributed by atoms with Crippen molar-refractivity contribution < 1.29 is 0 Å². The number of nitrogens with zero attached hydrogens (tertiary/aromatic N) is 5. The highest BCUT2D eigenvalue weighted by molar-refractivity contribution is 5.65. The Balaban J connectivity index is 1.63. The third-order valence-electron chi connectivity index (χ3n) is 5.58. The van der Waals surface area contributed by atoms with Crippen LogP contribution in [0.25, 0.3) is 11.1 Å². The molecule has 0 atom stereocenters. The number of benzene rings is 1. The van der Waals surface area contributed by atoms with Crippen molar-refractivity contribution in [3.63, 3.8) is 0 Å². The lowest BCUT2D eigenvalue weighted by atomic mass is 10.1. The lowest BCUT2D eigenvalue weighted by Gasteiger charge is -2.24. The molecule has 0 fully saturated rings. The maximum Gasteiger partial charge on any atom is 0.151 e. The van der Waals surface area contributed by atoms with Crippen LogP contribution in [0, 0.1) is 13.8 Å². The lowest BCUT2D eigenvalue weighted by molar-refractivity contribution is 0.610. The summed E-state index contributed by atoms with van der Waals surface area (Å²) in [6.07, 6.45) is 10.9. The van der Waals surface area contributed by atoms with E-state index in [0.717, 1.165) is 54.6 Å². The molecule has 1 N–H and O–H groups in total. The Morgan fingerprint density at radius 3 is 2.47 bits per heavy atom. The number of aryl methyl sites for hydroxylation is 2. The Hall–Kier alpha value is -3.02. The van der Waals surface area contributed by atoms with Crippen molar-refractivity contribution in [2.45, 2.75) is 59.3 Å². The van der Waals surface area contributed by atoms with Crippen molar-refractivity contribution in [2.24, 2.45) is 0 Å². The molecule has 6 nitrogen and oxygen atoms in total. The number of hydrogen-bond acceptors (Lipinski definition) is 6. The molecule has 3 rings (SSSR count). The fourth-order valence-corrected chi connectivity index (χ4v) is 3.73. The van der Waals surface area contributed by atoms with Gasteiger partial charge in [-0.2, -0.15) is 5.10 Å². The van der Waals surface area contributed by atoms with Crippen LogP contribution in [0.2, 0.25) is 0 Å². The second kappa shape index (κ2) is 12.7. The molecule has 32 heavy (non-hydrogen) atoms. The van der Waals surface area contributed by atoms with Crippen LogP contribution in [0.3, 0.4) is 0 Å². The molecule has 6 heteroatoms. The molecule has 0 saturated heterocycles. The number of unbranched alkanes of at least 4 members (excludes halogenated alkanes) is 4. The SMILES string of the molecule is CCCCCCCN(CCCNc1nc(C)cnc1C)c1cc(-c2ccccc2)cnn1. The average Bonchev–Trinajstić information content (AvgIpc) is 2.83. The van der Waals surface area contributed by atoms with Crippen LogP contribution < -0.4 is 10.2 Å². The van der Waals surface area contributed by atoms with Crippen molar-refractivity contribution in [1.29, 1.82) is 0 Å². The normalized spacial score (nSPS) is 10.8. The summed E-state index contributed by atoms with van der Waals surface area (Å²) >= 11 is 0. The highest BCUT2D eigenvalue weighted by Crippen LogP contribution is 2.22. The number of anilines is 2. The van der Waals surface area contributed by atoms with E-state index >= 15 is 0 Å². The van der Waals surface area contributed by atoms with E-state index in [1.807, 2.05) is 26.1 Å². The highest BCUT2D eigenvalue weighted by atomic mass is 15.3. The van der Waals surface area contributed by atoms with Gasteiger partial charge < -0.3 is 10.2 Å². The maximum atomic E-state index is 4.56. The van der Waals surface area contributed by atoms with Gasteiger partial charge in [-0.15, -0.1) is 5.10 Å². The maximum absolute atomic E-state index is 4.56. The fraction of sp³-hybridized carbons (Fsp3) is 0.462. The lowest BCUT2D eigenvalue weighted by Crippen LogP contribution is -2.28. The largest absolute Gasteiger partial charge is 0.368 e. The minimum Gasteiger partial charge on any atom is -0.368 e. The third kappa shape index (κ3) is 7.29. The van der Waals surface area contributed by atoms with E-state index in [9.17, 15) is 0 Å². The fourth-order valence-electron chi connectivity index (χ4n) is 3.73. The molecular formula is C26H36N6. The third-order valence-corrected chi connectivity index (χ3v) is 5.58. The van der Waals surface area contributed by atoms with Crippen LogP contribution in [0.5, 0.6) is 0 Å². The van der Waals surface area contributed by atoms with Gasteiger partial charge in [-0.1, -0.05) is 62.9 Å². The summed E-state index contributed by atoms with van der Waals surface area (Å²) in [6, 6.07) is 12.6. The minimum atomic E-state index is 0.844. The molecule has 0 radical (unpaired) electrons. The molecule has 0 aliphatic carbocycles. The molecule has 0 aliphatic heterocycles. The van der Waals surface area contributed by atoms with Gasteiger partial charge in [0.05, 0.1) is 17.6 Å². The minimum absolute atomic E-state index is 0.844. The molecule has 0 bridgehead atoms. The second-order valence-electron chi connectivity index (χ2n) is 8.30. The summed E-state index contributed by atoms with van der Waals surface area (Å²) in [4.78, 5) is 11.3. The number of nitrogens with one attached hydrogen (secondary N) is 1. The van der Waals surface area contributed by atoms with Crippen LogP contribution in [-0.2, 0) is 0 Å². The molecular weight excluding hydrogens is 396 g/mol. The number of rotatable bonds is 13. The first-order valence-corrected chi connectivity index (χ1v) is 11.8. The van der Waals surface area contributed by atoms with Gasteiger partial charge in [-0.25, -0.2) is 4.98 Å². The van der Waals surface area contributed by atoms with Crippen molar-refractivity contribution in [3.05, 3.63) is 60.2 Å². The van der Waals surface area contributed by atoms with E-state index in [0.29, 0.717) is 0 Å². The van der Waals surface area contributed by atoms with E-state index in [2.05, 4.69) is 67.6 Å². The van der Waals surface area contributed by atoms with Crippen molar-refractivity contribution in [3.8, 4) is 11.1 Å². The Morgan fingerprint density at radius 1 is 0.875 bits per heavy atom. The molecule has 0 amide bonds. The van der Waals surface area contributed by atoms with E-state index in [-0.39, 0.29) is 0 Å². The molecule has 170 valence electrons. The van der Waals surface area contributed by atoms with Crippen LogP contribution in [0.1, 0.15) is 56.8 Å². The smallest absolute Gasteiger partial charge is 0.151 e. The standard InChI is InChI=1S/C26H36N6/c1-4-5-6-7-11-16-32(17-12-15-27-26-22(3)28-19-21(2)30-26)25-18-24(20-29-31-25)23-13-9-8-10-14-23/h8-10,13-14,18-20H,4-7,11-12,15-17H2,1-3H3,(H,27,30). The first-order valence-electron chi connectivity index (χ1n) is 11.8. The van der Waals surface area contributed by atoms with Gasteiger partial charge in [0.25, 0.3) is 0 Å². The Morgan fingerprint density at radius 2 is 1.66 bits per heavy atom. The summed E-state index contributed by atoms with van der Waals surface area (Å²) in [5, 5.41) is 12.2. The van der Waals surface area contributed by atoms with E-state index in [4.69, 9.17) is 0 Å². The van der Waals surface area contributed by atoms with Crippen molar-refractivity contribution in [1.82, 2.24) is 20.2 Å². The zero-order valence-electron chi connectivity index (χ0n) is 19.7. The summed E-state index contributed by atoms with van der Waals surface area (Å²) < 4.78 is 0. The summed E-state index contributed by atoms with van der Waals surface area (Å²) in [5.41, 5.74) is 4.14. The first-order chi connectivity index (χ1) is 15.7. The quantitative estimate of drug-likeness (QED) is 0.343. The molecule has 0 spiro atoms. The topological polar surface area (TPSA) is 66.8 Å². The van der Waals surface area contributed by atoms with Gasteiger partial charge in [-0.05, 0) is 38.3 Å². The zero-order chi connectivity index (χ0) is 22.6. The Labute approximate surface area is 192 Å². The van der Waals surface area contributed by atoms with Crippen LogP contribution in [-0.4, -0.2) is 39.8 Å². The van der Waals surface area contributed by atoms with E-state index in [1.165, 1.54) is 37.7 Å². The number of hydrogen-bond donors (Lipinski definition) is 1. The summed E-state index contributed by atoms with van der Waals surface area (Å²) in [6.45, 7) is 8.98. The molecule has 2 aromatic heterocycles. The summed E-state index contributed by atoms with van der Waals surface area (Å²) in [7, 11) is 0. The Kier molecular flexibility index (Phi) is 9.41. The molecule has 0 unspecified atom stereocenters. The summed E-state index contributed by atoms with van der Waals surface area (Å²) in [5.74, 6) is 1.83. The first kappa shape index (κ1) is 23.6. The van der Waals surface area contributed by atoms with Gasteiger partial charge in [0.2, 0.25) is 0 Å². The number of aromatic nitrogens is 4. The average molecular weight is 433 g/mol. The Bertz CT molecular complexity index is 944. The van der Waals surface area contributed by atoms with Gasteiger partial charge in [-0.3, -0.25) is 4.98 Å². The van der Waals surface area contributed by atoms with Crippen LogP contribution in [0.15, 0.2) is 48.8 Å². The van der Waals surface area contributed by atoms with Crippen molar-refractivity contribution in [2.75, 3.05) is 29.9 Å². The van der Waals surface area contributed by atoms with Gasteiger partial charge in [0.15, 0.2) is 5.82 Å². The van der Waals surface area contributed by atoms with E-state index < -0.39 is 0 Å². The molecule has 2 heterocycles. The second-order valence-corrected chi connectivity index (χ2v) is 8.30. The molecule has 0 aliphatic rings. The van der Waals surface area contributed by atoms with Crippen LogP contribution >= 0.6 is 0 Å². The molecule has 0 saturated carbocycles. The van der Waals surface area contributed by atoms with Gasteiger partial charge in [0, 0.05) is 31.4 Å². The van der Waals surface area contributed by atoms with Crippen LogP contribution in [0.4, 0.5) is 11.6 Å². The predicted molar refractivity (Wildman–Crippen MR) is 133 cm³/mol. The van der Waals surface area contributed by atoms with E-state index in [1.54, 1.807) is 6.20 Å². The predicted octanol–water partition coefficient (Wildman–Crippen LogP) is 5.83. The van der Waals surface area contributed by atoms with Crippen molar-refractivity contribution >= 4 is 11.6 Å².